The van der Waals surface area contributed by atoms with Gasteiger partial charge in [0, 0.05) is 12.6 Å². The van der Waals surface area contributed by atoms with E-state index in [9.17, 15) is 4.79 Å². The maximum atomic E-state index is 11.5. The Labute approximate surface area is 188 Å². The van der Waals surface area contributed by atoms with Gasteiger partial charge < -0.3 is 14.8 Å². The van der Waals surface area contributed by atoms with Crippen molar-refractivity contribution in [1.29, 1.82) is 0 Å². The van der Waals surface area contributed by atoms with E-state index < -0.39 is 0 Å². The van der Waals surface area contributed by atoms with Gasteiger partial charge in [-0.3, -0.25) is 4.79 Å². The van der Waals surface area contributed by atoms with Crippen molar-refractivity contribution in [3.63, 3.8) is 0 Å². The van der Waals surface area contributed by atoms with E-state index in [0.717, 1.165) is 30.9 Å². The normalized spacial score (nSPS) is 13.3. The Morgan fingerprint density at radius 3 is 2.35 bits per heavy atom. The molecule has 0 radical (unpaired) electrons. The molecule has 31 heavy (non-hydrogen) atoms. The maximum absolute atomic E-state index is 11.5. The van der Waals surface area contributed by atoms with E-state index in [2.05, 4.69) is 43.5 Å². The summed E-state index contributed by atoms with van der Waals surface area (Å²) in [5.74, 6) is 2.16. The molecule has 4 nitrogen and oxygen atoms in total. The smallest absolute Gasteiger partial charge is 0.243 e. The van der Waals surface area contributed by atoms with Gasteiger partial charge in [-0.1, -0.05) is 82.4 Å². The summed E-state index contributed by atoms with van der Waals surface area (Å²) < 4.78 is 10.7. The number of ether oxygens (including phenoxy) is 2. The third-order valence-electron chi connectivity index (χ3n) is 5.13. The molecule has 0 atom stereocenters. The fourth-order valence-electron chi connectivity index (χ4n) is 3.33. The number of unbranched alkanes of at least 4 members (excludes halogenated alkanes) is 8. The van der Waals surface area contributed by atoms with Crippen molar-refractivity contribution >= 4 is 12.0 Å². The second-order valence-corrected chi connectivity index (χ2v) is 8.49. The number of carbonyl (C=O) groups is 1. The Hall–Kier alpha value is -2.49. The van der Waals surface area contributed by atoms with Crippen LogP contribution in [-0.2, 0) is 4.79 Å². The molecule has 4 heteroatoms. The van der Waals surface area contributed by atoms with Crippen LogP contribution in [0.3, 0.4) is 0 Å². The molecule has 1 aliphatic rings. The van der Waals surface area contributed by atoms with Crippen LogP contribution in [0.15, 0.2) is 48.6 Å². The molecule has 1 aliphatic heterocycles. The van der Waals surface area contributed by atoms with E-state index >= 15 is 0 Å². The molecule has 0 saturated heterocycles. The lowest BCUT2D eigenvalue weighted by atomic mass is 10.1. The van der Waals surface area contributed by atoms with Gasteiger partial charge in [-0.25, -0.2) is 0 Å². The average Bonchev–Trinajstić information content (AvgIpc) is 3.23. The van der Waals surface area contributed by atoms with Gasteiger partial charge >= 0.3 is 0 Å². The number of benzene rings is 1. The van der Waals surface area contributed by atoms with Crippen LogP contribution in [0.5, 0.6) is 11.5 Å². The highest BCUT2D eigenvalue weighted by Gasteiger charge is 2.11. The zero-order valence-corrected chi connectivity index (χ0v) is 19.3. The van der Waals surface area contributed by atoms with Crippen LogP contribution >= 0.6 is 0 Å². The van der Waals surface area contributed by atoms with Crippen molar-refractivity contribution in [2.75, 3.05) is 13.3 Å². The van der Waals surface area contributed by atoms with Crippen LogP contribution in [0, 0.1) is 5.92 Å². The van der Waals surface area contributed by atoms with Gasteiger partial charge in [0.1, 0.15) is 0 Å². The van der Waals surface area contributed by atoms with Gasteiger partial charge in [0.05, 0.1) is 0 Å². The van der Waals surface area contributed by atoms with Gasteiger partial charge in [0.15, 0.2) is 11.5 Å². The van der Waals surface area contributed by atoms with Crippen molar-refractivity contribution in [2.24, 2.45) is 5.92 Å². The highest BCUT2D eigenvalue weighted by Crippen LogP contribution is 2.32. The second-order valence-electron chi connectivity index (χ2n) is 8.49. The highest BCUT2D eigenvalue weighted by atomic mass is 16.7. The van der Waals surface area contributed by atoms with Crippen LogP contribution in [-0.4, -0.2) is 19.2 Å². The monoisotopic (exact) mass is 425 g/mol. The van der Waals surface area contributed by atoms with E-state index in [-0.39, 0.29) is 5.91 Å². The second kappa shape index (κ2) is 15.3. The predicted molar refractivity (Wildman–Crippen MR) is 129 cm³/mol. The number of hydrogen-bond acceptors (Lipinski definition) is 3. The molecular weight excluding hydrogens is 386 g/mol. The molecule has 1 N–H and O–H groups in total. The Bertz CT molecular complexity index is 734. The topological polar surface area (TPSA) is 47.6 Å². The van der Waals surface area contributed by atoms with Gasteiger partial charge in [-0.2, -0.15) is 0 Å². The summed E-state index contributed by atoms with van der Waals surface area (Å²) in [4.78, 5) is 11.5. The number of rotatable bonds is 15. The quantitative estimate of drug-likeness (QED) is 0.190. The van der Waals surface area contributed by atoms with Crippen LogP contribution < -0.4 is 14.8 Å². The molecule has 0 aromatic heterocycles. The molecule has 170 valence electrons. The summed E-state index contributed by atoms with van der Waals surface area (Å²) in [5, 5.41) is 2.87. The fourth-order valence-corrected chi connectivity index (χ4v) is 3.33. The Balaban J connectivity index is 1.38. The number of allylic oxidation sites excluding steroid dienone is 4. The average molecular weight is 426 g/mol. The van der Waals surface area contributed by atoms with E-state index in [1.165, 1.54) is 50.5 Å². The first-order valence-corrected chi connectivity index (χ1v) is 11.8. The van der Waals surface area contributed by atoms with E-state index in [1.807, 2.05) is 24.3 Å². The summed E-state index contributed by atoms with van der Waals surface area (Å²) >= 11 is 0. The zero-order valence-electron chi connectivity index (χ0n) is 19.3. The van der Waals surface area contributed by atoms with Crippen molar-refractivity contribution in [1.82, 2.24) is 5.32 Å². The first-order valence-electron chi connectivity index (χ1n) is 11.8. The summed E-state index contributed by atoms with van der Waals surface area (Å²) in [6, 6.07) is 6.08. The number of amides is 1. The maximum Gasteiger partial charge on any atom is 0.243 e. The van der Waals surface area contributed by atoms with Crippen molar-refractivity contribution in [3.05, 3.63) is 54.1 Å². The Morgan fingerprint density at radius 2 is 1.61 bits per heavy atom. The zero-order chi connectivity index (χ0) is 22.2. The van der Waals surface area contributed by atoms with Gasteiger partial charge in [-0.15, -0.1) is 0 Å². The third kappa shape index (κ3) is 11.5. The number of nitrogens with one attached hydrogen (secondary N) is 1. The van der Waals surface area contributed by atoms with E-state index in [1.54, 1.807) is 6.08 Å². The molecule has 0 bridgehead atoms. The Morgan fingerprint density at radius 1 is 0.935 bits per heavy atom. The highest BCUT2D eigenvalue weighted by molar-refractivity contribution is 5.87. The molecule has 0 spiro atoms. The Kier molecular flexibility index (Phi) is 12.3. The van der Waals surface area contributed by atoms with Crippen LogP contribution in [0.25, 0.3) is 6.08 Å². The molecule has 1 aromatic rings. The van der Waals surface area contributed by atoms with Gasteiger partial charge in [0.2, 0.25) is 12.7 Å². The molecule has 1 aromatic carbocycles. The molecule has 1 heterocycles. The van der Waals surface area contributed by atoms with Crippen LogP contribution in [0.4, 0.5) is 0 Å². The van der Waals surface area contributed by atoms with Gasteiger partial charge in [-0.05, 0) is 49.3 Å². The van der Waals surface area contributed by atoms with E-state index in [0.29, 0.717) is 12.7 Å². The lowest BCUT2D eigenvalue weighted by Gasteiger charge is -2.03. The third-order valence-corrected chi connectivity index (χ3v) is 5.13. The molecule has 0 fully saturated rings. The first kappa shape index (κ1) is 24.8. The molecule has 2 rings (SSSR count). The SMILES string of the molecule is CC(C)CNC(=O)/C=C/C=C/CCCCCCCCC/C=C/c1ccc2c(c1)OCO2. The molecule has 0 unspecified atom stereocenters. The van der Waals surface area contributed by atoms with Crippen molar-refractivity contribution < 1.29 is 14.3 Å². The minimum absolute atomic E-state index is 0.0122. The minimum atomic E-state index is -0.0122. The lowest BCUT2D eigenvalue weighted by molar-refractivity contribution is -0.116. The van der Waals surface area contributed by atoms with Crippen molar-refractivity contribution in [2.45, 2.75) is 71.6 Å². The summed E-state index contributed by atoms with van der Waals surface area (Å²) in [7, 11) is 0. The number of fused-ring (bicyclic) bond motifs is 1. The minimum Gasteiger partial charge on any atom is -0.454 e. The fraction of sp³-hybridized carbons (Fsp3) is 0.519. The van der Waals surface area contributed by atoms with Crippen LogP contribution in [0.2, 0.25) is 0 Å². The number of hydrogen-bond donors (Lipinski definition) is 1. The summed E-state index contributed by atoms with van der Waals surface area (Å²) in [6.45, 7) is 5.23. The van der Waals surface area contributed by atoms with Crippen LogP contribution in [0.1, 0.15) is 77.2 Å². The van der Waals surface area contributed by atoms with Gasteiger partial charge in [0.25, 0.3) is 0 Å². The largest absolute Gasteiger partial charge is 0.454 e. The number of carbonyl (C=O) groups excluding carboxylic acids is 1. The molecule has 0 aliphatic carbocycles. The predicted octanol–water partition coefficient (Wildman–Crippen LogP) is 6.82. The lowest BCUT2D eigenvalue weighted by Crippen LogP contribution is -2.25. The molecular formula is C27H39NO3. The summed E-state index contributed by atoms with van der Waals surface area (Å²) in [5.41, 5.74) is 1.17. The van der Waals surface area contributed by atoms with Crippen molar-refractivity contribution in [3.8, 4) is 11.5 Å². The first-order chi connectivity index (χ1) is 15.1. The standard InChI is InChI=1S/C27H39NO3/c1-23(2)21-28-27(29)17-15-13-11-9-7-5-3-4-6-8-10-12-14-16-24-18-19-25-26(20-24)31-22-30-25/h11,13-20,23H,3-10,12,21-22H2,1-2H3,(H,28,29)/b13-11+,16-14+,17-15+. The summed E-state index contributed by atoms with van der Waals surface area (Å²) in [6.07, 6.45) is 23.2. The molecule has 0 saturated carbocycles. The van der Waals surface area contributed by atoms with E-state index in [4.69, 9.17) is 9.47 Å². The molecule has 1 amide bonds.